The van der Waals surface area contributed by atoms with Crippen molar-refractivity contribution < 1.29 is 5.11 Å². The molecule has 1 aliphatic heterocycles. The van der Waals surface area contributed by atoms with Gasteiger partial charge < -0.3 is 10.4 Å². The lowest BCUT2D eigenvalue weighted by Gasteiger charge is -2.09. The number of nitrogens with one attached hydrogen (secondary N) is 1. The van der Waals surface area contributed by atoms with Gasteiger partial charge in [0.1, 0.15) is 12.1 Å². The summed E-state index contributed by atoms with van der Waals surface area (Å²) in [6, 6.07) is 2.10. The molecule has 2 atom stereocenters. The van der Waals surface area contributed by atoms with E-state index in [2.05, 4.69) is 16.4 Å². The second-order valence-electron chi connectivity index (χ2n) is 3.89. The molecule has 2 N–H and O–H groups in total. The number of anilines is 1. The van der Waals surface area contributed by atoms with E-state index in [4.69, 9.17) is 5.26 Å². The van der Waals surface area contributed by atoms with Crippen LogP contribution in [0.1, 0.15) is 28.4 Å². The molecule has 0 spiro atoms. The van der Waals surface area contributed by atoms with E-state index in [1.165, 1.54) is 0 Å². The van der Waals surface area contributed by atoms with Crippen molar-refractivity contribution in [1.82, 2.24) is 4.98 Å². The van der Waals surface area contributed by atoms with Crippen molar-refractivity contribution in [2.45, 2.75) is 32.9 Å². The van der Waals surface area contributed by atoms with Crippen LogP contribution in [0.4, 0.5) is 5.69 Å². The van der Waals surface area contributed by atoms with Crippen LogP contribution in [0.15, 0.2) is 0 Å². The van der Waals surface area contributed by atoms with E-state index < -0.39 is 12.1 Å². The van der Waals surface area contributed by atoms with Crippen molar-refractivity contribution in [1.29, 1.82) is 5.26 Å². The fourth-order valence-corrected chi connectivity index (χ4v) is 2.05. The normalized spacial score (nSPS) is 23.1. The van der Waals surface area contributed by atoms with E-state index in [1.54, 1.807) is 0 Å². The average Bonchev–Trinajstić information content (AvgIpc) is 2.52. The molecule has 0 bridgehead atoms. The van der Waals surface area contributed by atoms with Crippen LogP contribution in [0.2, 0.25) is 0 Å². The van der Waals surface area contributed by atoms with Gasteiger partial charge in [0.25, 0.3) is 0 Å². The van der Waals surface area contributed by atoms with Gasteiger partial charge >= 0.3 is 0 Å². The topological polar surface area (TPSA) is 68.9 Å². The van der Waals surface area contributed by atoms with Gasteiger partial charge in [-0.05, 0) is 26.3 Å². The predicted molar refractivity (Wildman–Crippen MR) is 56.4 cm³/mol. The summed E-state index contributed by atoms with van der Waals surface area (Å²) < 4.78 is 0. The highest BCUT2D eigenvalue weighted by Crippen LogP contribution is 2.39. The number of aliphatic hydroxyl groups excluding tert-OH is 1. The number of fused-ring (bicyclic) bond motifs is 1. The van der Waals surface area contributed by atoms with Gasteiger partial charge in [0.05, 0.1) is 6.07 Å². The van der Waals surface area contributed by atoms with Gasteiger partial charge in [-0.15, -0.1) is 0 Å². The van der Waals surface area contributed by atoms with E-state index in [1.807, 2.05) is 20.8 Å². The molecule has 1 aliphatic rings. The zero-order valence-corrected chi connectivity index (χ0v) is 9.00. The third-order valence-electron chi connectivity index (χ3n) is 2.97. The number of aliphatic hydroxyl groups is 1. The monoisotopic (exact) mass is 203 g/mol. The van der Waals surface area contributed by atoms with Crippen molar-refractivity contribution >= 4 is 5.69 Å². The second kappa shape index (κ2) is 3.21. The van der Waals surface area contributed by atoms with E-state index in [0.717, 1.165) is 28.2 Å². The van der Waals surface area contributed by atoms with Crippen LogP contribution in [0.5, 0.6) is 0 Å². The second-order valence-corrected chi connectivity index (χ2v) is 3.89. The SMILES string of the molecule is Cc1nc(C)c2c(c1C)NC(O)C2C#N. The summed E-state index contributed by atoms with van der Waals surface area (Å²) in [5.41, 5.74) is 4.48. The Kier molecular flexibility index (Phi) is 2.13. The first kappa shape index (κ1) is 9.94. The molecular formula is C11H13N3O. The van der Waals surface area contributed by atoms with Crippen molar-refractivity contribution in [2.24, 2.45) is 0 Å². The van der Waals surface area contributed by atoms with Gasteiger partial charge in [-0.1, -0.05) is 0 Å². The quantitative estimate of drug-likeness (QED) is 0.668. The number of aryl methyl sites for hydroxylation is 2. The van der Waals surface area contributed by atoms with Crippen LogP contribution in [0, 0.1) is 32.1 Å². The smallest absolute Gasteiger partial charge is 0.144 e. The lowest BCUT2D eigenvalue weighted by Crippen LogP contribution is -2.18. The maximum atomic E-state index is 9.69. The van der Waals surface area contributed by atoms with Gasteiger partial charge in [-0.25, -0.2) is 0 Å². The Morgan fingerprint density at radius 2 is 2.00 bits per heavy atom. The number of rotatable bonds is 0. The van der Waals surface area contributed by atoms with E-state index in [9.17, 15) is 5.11 Å². The van der Waals surface area contributed by atoms with Gasteiger partial charge in [-0.3, -0.25) is 4.98 Å². The number of aromatic nitrogens is 1. The fourth-order valence-electron chi connectivity index (χ4n) is 2.05. The Morgan fingerprint density at radius 1 is 1.33 bits per heavy atom. The number of pyridine rings is 1. The molecule has 0 saturated heterocycles. The molecule has 2 unspecified atom stereocenters. The standard InChI is InChI=1S/C11H13N3O/c1-5-6(2)13-7(3)9-8(4-12)11(15)14-10(5)9/h8,11,14-15H,1-3H3. The first-order chi connectivity index (χ1) is 7.06. The van der Waals surface area contributed by atoms with Crippen molar-refractivity contribution in [3.8, 4) is 6.07 Å². The Labute approximate surface area is 88.6 Å². The maximum absolute atomic E-state index is 9.69. The highest BCUT2D eigenvalue weighted by Gasteiger charge is 2.34. The van der Waals surface area contributed by atoms with Gasteiger partial charge in [-0.2, -0.15) is 5.26 Å². The summed E-state index contributed by atoms with van der Waals surface area (Å²) in [4.78, 5) is 4.38. The average molecular weight is 203 g/mol. The lowest BCUT2D eigenvalue weighted by molar-refractivity contribution is 0.198. The van der Waals surface area contributed by atoms with Gasteiger partial charge in [0.15, 0.2) is 0 Å². The third-order valence-corrected chi connectivity index (χ3v) is 2.97. The fraction of sp³-hybridized carbons (Fsp3) is 0.455. The van der Waals surface area contributed by atoms with Crippen molar-refractivity contribution in [3.63, 3.8) is 0 Å². The molecular weight excluding hydrogens is 190 g/mol. The van der Waals surface area contributed by atoms with Crippen LogP contribution in [-0.4, -0.2) is 16.3 Å². The summed E-state index contributed by atoms with van der Waals surface area (Å²) in [6.07, 6.45) is -0.814. The molecule has 78 valence electrons. The molecule has 1 aromatic heterocycles. The molecule has 0 saturated carbocycles. The van der Waals surface area contributed by atoms with E-state index >= 15 is 0 Å². The van der Waals surface area contributed by atoms with Crippen molar-refractivity contribution in [2.75, 3.05) is 5.32 Å². The lowest BCUT2D eigenvalue weighted by atomic mass is 9.98. The molecule has 0 fully saturated rings. The van der Waals surface area contributed by atoms with Gasteiger partial charge in [0, 0.05) is 22.6 Å². The summed E-state index contributed by atoms with van der Waals surface area (Å²) in [7, 11) is 0. The molecule has 4 heteroatoms. The Hall–Kier alpha value is -1.60. The summed E-state index contributed by atoms with van der Waals surface area (Å²) in [5, 5.41) is 21.6. The molecule has 2 heterocycles. The molecule has 0 amide bonds. The minimum atomic E-state index is -0.814. The molecule has 4 nitrogen and oxygen atoms in total. The molecule has 2 rings (SSSR count). The highest BCUT2D eigenvalue weighted by molar-refractivity contribution is 5.67. The molecule has 1 aromatic rings. The first-order valence-corrected chi connectivity index (χ1v) is 4.88. The Balaban J connectivity index is 2.69. The van der Waals surface area contributed by atoms with Crippen LogP contribution in [-0.2, 0) is 0 Å². The largest absolute Gasteiger partial charge is 0.372 e. The summed E-state index contributed by atoms with van der Waals surface area (Å²) >= 11 is 0. The third kappa shape index (κ3) is 1.28. The zero-order valence-electron chi connectivity index (χ0n) is 9.00. The maximum Gasteiger partial charge on any atom is 0.144 e. The number of nitriles is 1. The minimum absolute atomic E-state index is 0.508. The summed E-state index contributed by atoms with van der Waals surface area (Å²) in [5.74, 6) is -0.508. The zero-order chi connectivity index (χ0) is 11.2. The minimum Gasteiger partial charge on any atom is -0.372 e. The van der Waals surface area contributed by atoms with E-state index in [0.29, 0.717) is 0 Å². The molecule has 0 radical (unpaired) electrons. The first-order valence-electron chi connectivity index (χ1n) is 4.88. The van der Waals surface area contributed by atoms with Crippen LogP contribution in [0.3, 0.4) is 0 Å². The number of hydrogen-bond donors (Lipinski definition) is 2. The van der Waals surface area contributed by atoms with Crippen LogP contribution in [0.25, 0.3) is 0 Å². The molecule has 0 aromatic carbocycles. The predicted octanol–water partition coefficient (Wildman–Crippen LogP) is 1.36. The molecule has 0 aliphatic carbocycles. The number of hydrogen-bond acceptors (Lipinski definition) is 4. The molecule has 15 heavy (non-hydrogen) atoms. The van der Waals surface area contributed by atoms with Gasteiger partial charge in [0.2, 0.25) is 0 Å². The van der Waals surface area contributed by atoms with Crippen LogP contribution < -0.4 is 5.32 Å². The number of nitrogens with zero attached hydrogens (tertiary/aromatic N) is 2. The van der Waals surface area contributed by atoms with E-state index in [-0.39, 0.29) is 0 Å². The highest BCUT2D eigenvalue weighted by atomic mass is 16.3. The Bertz CT molecular complexity index is 462. The Morgan fingerprint density at radius 3 is 2.60 bits per heavy atom. The summed E-state index contributed by atoms with van der Waals surface area (Å²) in [6.45, 7) is 5.74. The van der Waals surface area contributed by atoms with Crippen molar-refractivity contribution in [3.05, 3.63) is 22.5 Å². The van der Waals surface area contributed by atoms with Crippen LogP contribution >= 0.6 is 0 Å².